The van der Waals surface area contributed by atoms with Crippen LogP contribution in [0, 0.1) is 0 Å². The summed E-state index contributed by atoms with van der Waals surface area (Å²) in [6, 6.07) is 9.36. The largest absolute Gasteiger partial charge is 0.363 e. The SMILES string of the molecule is NCc1ccc(N(Cc2ccsc2)C2CC2)c(Br)c1. The zero-order valence-electron chi connectivity index (χ0n) is 10.7. The van der Waals surface area contributed by atoms with E-state index < -0.39 is 0 Å². The third-order valence-electron chi connectivity index (χ3n) is 3.48. The minimum atomic E-state index is 0.590. The zero-order chi connectivity index (χ0) is 13.2. The van der Waals surface area contributed by atoms with Crippen molar-refractivity contribution in [2.45, 2.75) is 32.0 Å². The van der Waals surface area contributed by atoms with Gasteiger partial charge in [0.15, 0.2) is 0 Å². The summed E-state index contributed by atoms with van der Waals surface area (Å²) in [6.07, 6.45) is 2.60. The molecule has 1 aliphatic rings. The molecule has 1 saturated carbocycles. The van der Waals surface area contributed by atoms with Gasteiger partial charge in [0.1, 0.15) is 0 Å². The Labute approximate surface area is 126 Å². The molecule has 1 aromatic heterocycles. The van der Waals surface area contributed by atoms with E-state index in [0.717, 1.165) is 11.0 Å². The molecule has 0 saturated heterocycles. The lowest BCUT2D eigenvalue weighted by Crippen LogP contribution is -2.25. The van der Waals surface area contributed by atoms with Crippen molar-refractivity contribution in [2.75, 3.05) is 4.90 Å². The van der Waals surface area contributed by atoms with Crippen molar-refractivity contribution in [3.63, 3.8) is 0 Å². The Balaban J connectivity index is 1.87. The highest BCUT2D eigenvalue weighted by Gasteiger charge is 2.30. The second-order valence-corrected chi connectivity index (χ2v) is 6.61. The van der Waals surface area contributed by atoms with E-state index >= 15 is 0 Å². The maximum Gasteiger partial charge on any atom is 0.0516 e. The Kier molecular flexibility index (Phi) is 3.91. The van der Waals surface area contributed by atoms with Crippen LogP contribution in [0.15, 0.2) is 39.5 Å². The summed E-state index contributed by atoms with van der Waals surface area (Å²) in [5, 5.41) is 4.38. The Morgan fingerprint density at radius 1 is 1.26 bits per heavy atom. The normalized spacial score (nSPS) is 14.6. The highest BCUT2D eigenvalue weighted by molar-refractivity contribution is 9.10. The maximum atomic E-state index is 5.69. The molecule has 0 aliphatic heterocycles. The first kappa shape index (κ1) is 13.2. The topological polar surface area (TPSA) is 29.3 Å². The molecule has 4 heteroatoms. The van der Waals surface area contributed by atoms with Crippen molar-refractivity contribution in [3.8, 4) is 0 Å². The number of anilines is 1. The number of rotatable bonds is 5. The van der Waals surface area contributed by atoms with E-state index in [-0.39, 0.29) is 0 Å². The summed E-state index contributed by atoms with van der Waals surface area (Å²) in [5.41, 5.74) is 9.54. The monoisotopic (exact) mass is 336 g/mol. The van der Waals surface area contributed by atoms with Gasteiger partial charge in [-0.05, 0) is 68.9 Å². The molecule has 2 nitrogen and oxygen atoms in total. The number of nitrogens with two attached hydrogens (primary N) is 1. The van der Waals surface area contributed by atoms with Crippen LogP contribution in [0.3, 0.4) is 0 Å². The van der Waals surface area contributed by atoms with Crippen molar-refractivity contribution >= 4 is 33.0 Å². The molecule has 0 radical (unpaired) electrons. The quantitative estimate of drug-likeness (QED) is 0.889. The van der Waals surface area contributed by atoms with Gasteiger partial charge in [0.2, 0.25) is 0 Å². The smallest absolute Gasteiger partial charge is 0.0516 e. The van der Waals surface area contributed by atoms with Gasteiger partial charge in [-0.2, -0.15) is 11.3 Å². The van der Waals surface area contributed by atoms with Gasteiger partial charge in [-0.1, -0.05) is 6.07 Å². The molecular weight excluding hydrogens is 320 g/mol. The summed E-state index contributed by atoms with van der Waals surface area (Å²) < 4.78 is 1.15. The predicted octanol–water partition coefficient (Wildman–Crippen LogP) is 4.14. The molecule has 0 amide bonds. The Hall–Kier alpha value is -0.840. The summed E-state index contributed by atoms with van der Waals surface area (Å²) >= 11 is 5.46. The fraction of sp³-hybridized carbons (Fsp3) is 0.333. The highest BCUT2D eigenvalue weighted by atomic mass is 79.9. The lowest BCUT2D eigenvalue weighted by molar-refractivity contribution is 0.794. The van der Waals surface area contributed by atoms with Crippen LogP contribution in [-0.4, -0.2) is 6.04 Å². The molecule has 2 aromatic rings. The van der Waals surface area contributed by atoms with Gasteiger partial charge in [0, 0.05) is 23.6 Å². The number of benzene rings is 1. The lowest BCUT2D eigenvalue weighted by atomic mass is 10.2. The molecular formula is C15H17BrN2S. The van der Waals surface area contributed by atoms with E-state index in [0.29, 0.717) is 12.6 Å². The minimum absolute atomic E-state index is 0.590. The second kappa shape index (κ2) is 5.65. The van der Waals surface area contributed by atoms with Crippen LogP contribution < -0.4 is 10.6 Å². The third kappa shape index (κ3) is 3.02. The van der Waals surface area contributed by atoms with E-state index in [1.54, 1.807) is 11.3 Å². The van der Waals surface area contributed by atoms with Gasteiger partial charge in [-0.3, -0.25) is 0 Å². The van der Waals surface area contributed by atoms with Crippen LogP contribution in [0.4, 0.5) is 5.69 Å². The fourth-order valence-corrected chi connectivity index (χ4v) is 3.60. The molecule has 0 bridgehead atoms. The Bertz CT molecular complexity index is 549. The highest BCUT2D eigenvalue weighted by Crippen LogP contribution is 2.37. The molecule has 1 fully saturated rings. The standard InChI is InChI=1S/C15H17BrN2S/c16-14-7-11(8-17)1-4-15(14)18(13-2-3-13)9-12-5-6-19-10-12/h1,4-7,10,13H,2-3,8-9,17H2. The van der Waals surface area contributed by atoms with Gasteiger partial charge in [0.25, 0.3) is 0 Å². The van der Waals surface area contributed by atoms with Crippen molar-refractivity contribution in [2.24, 2.45) is 5.73 Å². The van der Waals surface area contributed by atoms with Gasteiger partial charge < -0.3 is 10.6 Å². The zero-order valence-corrected chi connectivity index (χ0v) is 13.1. The molecule has 1 aliphatic carbocycles. The third-order valence-corrected chi connectivity index (χ3v) is 4.85. The van der Waals surface area contributed by atoms with E-state index in [1.807, 2.05) is 0 Å². The molecule has 3 rings (SSSR count). The van der Waals surface area contributed by atoms with E-state index in [9.17, 15) is 0 Å². The van der Waals surface area contributed by atoms with Crippen LogP contribution in [0.2, 0.25) is 0 Å². The van der Waals surface area contributed by atoms with E-state index in [1.165, 1.54) is 29.7 Å². The lowest BCUT2D eigenvalue weighted by Gasteiger charge is -2.26. The summed E-state index contributed by atoms with van der Waals surface area (Å²) in [4.78, 5) is 2.51. The van der Waals surface area contributed by atoms with Crippen molar-refractivity contribution in [1.82, 2.24) is 0 Å². The average molecular weight is 337 g/mol. The average Bonchev–Trinajstić information content (AvgIpc) is 3.14. The Morgan fingerprint density at radius 2 is 2.11 bits per heavy atom. The predicted molar refractivity (Wildman–Crippen MR) is 85.6 cm³/mol. The van der Waals surface area contributed by atoms with E-state index in [4.69, 9.17) is 5.73 Å². The molecule has 0 spiro atoms. The number of thiophene rings is 1. The minimum Gasteiger partial charge on any atom is -0.363 e. The number of halogens is 1. The molecule has 19 heavy (non-hydrogen) atoms. The Morgan fingerprint density at radius 3 is 2.68 bits per heavy atom. The van der Waals surface area contributed by atoms with Crippen LogP contribution >= 0.6 is 27.3 Å². The molecule has 1 aromatic carbocycles. The maximum absolute atomic E-state index is 5.69. The summed E-state index contributed by atoms with van der Waals surface area (Å²) in [6.45, 7) is 1.58. The van der Waals surface area contributed by atoms with Gasteiger partial charge >= 0.3 is 0 Å². The van der Waals surface area contributed by atoms with Gasteiger partial charge in [-0.15, -0.1) is 0 Å². The van der Waals surface area contributed by atoms with E-state index in [2.05, 4.69) is 55.9 Å². The van der Waals surface area contributed by atoms with Crippen LogP contribution in [0.5, 0.6) is 0 Å². The molecule has 2 N–H and O–H groups in total. The van der Waals surface area contributed by atoms with Gasteiger partial charge in [-0.25, -0.2) is 0 Å². The molecule has 100 valence electrons. The first-order chi connectivity index (χ1) is 9.28. The summed E-state index contributed by atoms with van der Waals surface area (Å²) in [7, 11) is 0. The first-order valence-corrected chi connectivity index (χ1v) is 8.27. The van der Waals surface area contributed by atoms with Gasteiger partial charge in [0.05, 0.1) is 5.69 Å². The molecule has 0 unspecified atom stereocenters. The van der Waals surface area contributed by atoms with Crippen molar-refractivity contribution in [3.05, 3.63) is 50.6 Å². The fourth-order valence-electron chi connectivity index (χ4n) is 2.29. The van der Waals surface area contributed by atoms with Crippen LogP contribution in [0.25, 0.3) is 0 Å². The number of hydrogen-bond donors (Lipinski definition) is 1. The summed E-state index contributed by atoms with van der Waals surface area (Å²) in [5.74, 6) is 0. The number of hydrogen-bond acceptors (Lipinski definition) is 3. The van der Waals surface area contributed by atoms with Crippen molar-refractivity contribution in [1.29, 1.82) is 0 Å². The molecule has 0 atom stereocenters. The van der Waals surface area contributed by atoms with Crippen LogP contribution in [-0.2, 0) is 13.1 Å². The first-order valence-electron chi connectivity index (χ1n) is 6.54. The number of nitrogens with zero attached hydrogens (tertiary/aromatic N) is 1. The van der Waals surface area contributed by atoms with Crippen molar-refractivity contribution < 1.29 is 0 Å². The van der Waals surface area contributed by atoms with Crippen LogP contribution in [0.1, 0.15) is 24.0 Å². The second-order valence-electron chi connectivity index (χ2n) is 4.98. The molecule has 1 heterocycles.